The Labute approximate surface area is 118 Å². The molecule has 0 spiro atoms. The maximum absolute atomic E-state index is 8.75. The van der Waals surface area contributed by atoms with E-state index in [4.69, 9.17) is 10.00 Å². The second-order valence-corrected chi connectivity index (χ2v) is 4.14. The number of aromatic nitrogens is 2. The zero-order valence-corrected chi connectivity index (χ0v) is 11.3. The zero-order valence-electron chi connectivity index (χ0n) is 11.3. The molecule has 1 aromatic carbocycles. The topological polar surface area (TPSA) is 58.8 Å². The molecule has 1 heterocycles. The Morgan fingerprint density at radius 3 is 2.50 bits per heavy atom. The van der Waals surface area contributed by atoms with E-state index in [9.17, 15) is 0 Å². The molecular weight excluding hydrogens is 250 g/mol. The van der Waals surface area contributed by atoms with Gasteiger partial charge in [-0.25, -0.2) is 9.97 Å². The Bertz CT molecular complexity index is 610. The molecule has 0 fully saturated rings. The van der Waals surface area contributed by atoms with Gasteiger partial charge in [0, 0.05) is 5.56 Å². The van der Waals surface area contributed by atoms with Gasteiger partial charge in [-0.3, -0.25) is 0 Å². The highest BCUT2D eigenvalue weighted by Gasteiger charge is 2.02. The van der Waals surface area contributed by atoms with Crippen molar-refractivity contribution in [1.82, 2.24) is 9.97 Å². The van der Waals surface area contributed by atoms with E-state index in [1.807, 2.05) is 31.2 Å². The van der Waals surface area contributed by atoms with Gasteiger partial charge in [0.05, 0.1) is 30.6 Å². The van der Waals surface area contributed by atoms with Gasteiger partial charge in [0.2, 0.25) is 0 Å². The van der Waals surface area contributed by atoms with E-state index in [1.165, 1.54) is 0 Å². The predicted octanol–water partition coefficient (Wildman–Crippen LogP) is 3.36. The molecular formula is C16H15N3O. The molecule has 0 bridgehead atoms. The first-order valence-corrected chi connectivity index (χ1v) is 6.40. The second-order valence-electron chi connectivity index (χ2n) is 4.14. The van der Waals surface area contributed by atoms with Crippen molar-refractivity contribution < 1.29 is 4.74 Å². The van der Waals surface area contributed by atoms with Crippen LogP contribution >= 0.6 is 0 Å². The van der Waals surface area contributed by atoms with Crippen LogP contribution in [0.4, 0.5) is 0 Å². The highest BCUT2D eigenvalue weighted by molar-refractivity contribution is 5.56. The summed E-state index contributed by atoms with van der Waals surface area (Å²) in [6.07, 6.45) is 8.24. The standard InChI is InChI=1S/C16H15N3O/c1-2-3-4-9-20-15-11-18-16(19-12-15)14-7-5-13(10-17)6-8-14/h2-3,5-8,11-12H,4,9H2,1H3/b3-2-. The molecule has 2 rings (SSSR count). The van der Waals surface area contributed by atoms with Crippen molar-refractivity contribution >= 4 is 0 Å². The molecule has 0 atom stereocenters. The van der Waals surface area contributed by atoms with Gasteiger partial charge in [0.25, 0.3) is 0 Å². The first-order valence-electron chi connectivity index (χ1n) is 6.40. The van der Waals surface area contributed by atoms with Crippen molar-refractivity contribution in [3.05, 3.63) is 54.4 Å². The van der Waals surface area contributed by atoms with Crippen LogP contribution in [0.15, 0.2) is 48.8 Å². The molecule has 100 valence electrons. The average molecular weight is 265 g/mol. The van der Waals surface area contributed by atoms with Crippen molar-refractivity contribution in [2.45, 2.75) is 13.3 Å². The van der Waals surface area contributed by atoms with Crippen LogP contribution in [0.3, 0.4) is 0 Å². The Balaban J connectivity index is 2.02. The van der Waals surface area contributed by atoms with Gasteiger partial charge in [-0.2, -0.15) is 5.26 Å². The van der Waals surface area contributed by atoms with Crippen molar-refractivity contribution in [2.75, 3.05) is 6.61 Å². The molecule has 0 unspecified atom stereocenters. The van der Waals surface area contributed by atoms with E-state index in [-0.39, 0.29) is 0 Å². The maximum atomic E-state index is 8.75. The van der Waals surface area contributed by atoms with Gasteiger partial charge in [0.1, 0.15) is 0 Å². The van der Waals surface area contributed by atoms with Gasteiger partial charge >= 0.3 is 0 Å². The normalized spacial score (nSPS) is 10.4. The average Bonchev–Trinajstić information content (AvgIpc) is 2.52. The van der Waals surface area contributed by atoms with Crippen LogP contribution in [0.2, 0.25) is 0 Å². The van der Waals surface area contributed by atoms with Crippen LogP contribution in [0.25, 0.3) is 11.4 Å². The lowest BCUT2D eigenvalue weighted by Gasteiger charge is -2.04. The molecule has 0 amide bonds. The highest BCUT2D eigenvalue weighted by Crippen LogP contribution is 2.17. The smallest absolute Gasteiger partial charge is 0.159 e. The number of allylic oxidation sites excluding steroid dienone is 1. The molecule has 0 aliphatic carbocycles. The van der Waals surface area contributed by atoms with Crippen LogP contribution < -0.4 is 4.74 Å². The van der Waals surface area contributed by atoms with Gasteiger partial charge in [-0.15, -0.1) is 0 Å². The molecule has 0 radical (unpaired) electrons. The number of ether oxygens (including phenoxy) is 1. The fourth-order valence-electron chi connectivity index (χ4n) is 1.65. The molecule has 0 aliphatic heterocycles. The Kier molecular flexibility index (Phi) is 4.85. The lowest BCUT2D eigenvalue weighted by atomic mass is 10.1. The van der Waals surface area contributed by atoms with Gasteiger partial charge < -0.3 is 4.74 Å². The van der Waals surface area contributed by atoms with Crippen molar-refractivity contribution in [3.63, 3.8) is 0 Å². The van der Waals surface area contributed by atoms with E-state index in [0.29, 0.717) is 23.7 Å². The molecule has 4 nitrogen and oxygen atoms in total. The number of hydrogen-bond acceptors (Lipinski definition) is 4. The Morgan fingerprint density at radius 1 is 1.20 bits per heavy atom. The van der Waals surface area contributed by atoms with E-state index < -0.39 is 0 Å². The molecule has 4 heteroatoms. The predicted molar refractivity (Wildman–Crippen MR) is 77.1 cm³/mol. The fourth-order valence-corrected chi connectivity index (χ4v) is 1.65. The second kappa shape index (κ2) is 7.05. The van der Waals surface area contributed by atoms with Gasteiger partial charge in [-0.1, -0.05) is 12.2 Å². The van der Waals surface area contributed by atoms with Crippen molar-refractivity contribution in [1.29, 1.82) is 5.26 Å². The lowest BCUT2D eigenvalue weighted by Crippen LogP contribution is -1.97. The number of nitrogens with zero attached hydrogens (tertiary/aromatic N) is 3. The first kappa shape index (κ1) is 13.8. The summed E-state index contributed by atoms with van der Waals surface area (Å²) in [5.41, 5.74) is 1.50. The van der Waals surface area contributed by atoms with Crippen LogP contribution in [0.1, 0.15) is 18.9 Å². The van der Waals surface area contributed by atoms with E-state index >= 15 is 0 Å². The summed E-state index contributed by atoms with van der Waals surface area (Å²) < 4.78 is 5.52. The van der Waals surface area contributed by atoms with Gasteiger partial charge in [-0.05, 0) is 37.6 Å². The minimum absolute atomic E-state index is 0.615. The molecule has 2 aromatic rings. The van der Waals surface area contributed by atoms with Crippen LogP contribution in [-0.4, -0.2) is 16.6 Å². The molecule has 20 heavy (non-hydrogen) atoms. The summed E-state index contributed by atoms with van der Waals surface area (Å²) in [6, 6.07) is 9.25. The van der Waals surface area contributed by atoms with Gasteiger partial charge in [0.15, 0.2) is 11.6 Å². The number of benzene rings is 1. The maximum Gasteiger partial charge on any atom is 0.159 e. The molecule has 0 N–H and O–H groups in total. The van der Waals surface area contributed by atoms with E-state index in [2.05, 4.69) is 16.0 Å². The number of rotatable bonds is 5. The highest BCUT2D eigenvalue weighted by atomic mass is 16.5. The summed E-state index contributed by atoms with van der Waals surface area (Å²) in [6.45, 7) is 2.60. The third kappa shape index (κ3) is 3.66. The molecule has 0 saturated carbocycles. The lowest BCUT2D eigenvalue weighted by molar-refractivity contribution is 0.322. The monoisotopic (exact) mass is 265 g/mol. The number of nitriles is 1. The molecule has 0 saturated heterocycles. The van der Waals surface area contributed by atoms with Crippen LogP contribution in [0.5, 0.6) is 5.75 Å². The third-order valence-electron chi connectivity index (χ3n) is 2.69. The fraction of sp³-hybridized carbons (Fsp3) is 0.188. The minimum Gasteiger partial charge on any atom is -0.490 e. The summed E-state index contributed by atoms with van der Waals surface area (Å²) >= 11 is 0. The third-order valence-corrected chi connectivity index (χ3v) is 2.69. The van der Waals surface area contributed by atoms with E-state index in [1.54, 1.807) is 24.5 Å². The largest absolute Gasteiger partial charge is 0.490 e. The van der Waals surface area contributed by atoms with Crippen molar-refractivity contribution in [3.8, 4) is 23.2 Å². The molecule has 1 aromatic heterocycles. The summed E-state index contributed by atoms with van der Waals surface area (Å²) in [5.74, 6) is 1.28. The quantitative estimate of drug-likeness (QED) is 0.614. The summed E-state index contributed by atoms with van der Waals surface area (Å²) in [7, 11) is 0. The number of hydrogen-bond donors (Lipinski definition) is 0. The Morgan fingerprint density at radius 2 is 1.90 bits per heavy atom. The van der Waals surface area contributed by atoms with Crippen LogP contribution in [0, 0.1) is 11.3 Å². The summed E-state index contributed by atoms with van der Waals surface area (Å²) in [4.78, 5) is 8.53. The zero-order chi connectivity index (χ0) is 14.2. The van der Waals surface area contributed by atoms with E-state index in [0.717, 1.165) is 12.0 Å². The van der Waals surface area contributed by atoms with Crippen LogP contribution in [-0.2, 0) is 0 Å². The minimum atomic E-state index is 0.615. The Hall–Kier alpha value is -2.67. The SMILES string of the molecule is C/C=C\CCOc1cnc(-c2ccc(C#N)cc2)nc1. The first-order chi connectivity index (χ1) is 9.83. The molecule has 0 aliphatic rings. The van der Waals surface area contributed by atoms with Crippen molar-refractivity contribution in [2.24, 2.45) is 0 Å². The summed E-state index contributed by atoms with van der Waals surface area (Å²) in [5, 5.41) is 8.75.